The lowest BCUT2D eigenvalue weighted by molar-refractivity contribution is 0.108. The first-order chi connectivity index (χ1) is 21.0. The Morgan fingerprint density at radius 3 is 1.14 bits per heavy atom. The topological polar surface area (TPSA) is 51.2 Å². The van der Waals surface area contributed by atoms with Gasteiger partial charge in [-0.2, -0.15) is 0 Å². The van der Waals surface area contributed by atoms with E-state index >= 15 is 0 Å². The molecule has 0 aromatic heterocycles. The summed E-state index contributed by atoms with van der Waals surface area (Å²) < 4.78 is 29.9. The van der Waals surface area contributed by atoms with Gasteiger partial charge in [0.05, 0.1) is 26.5 Å². The molecule has 0 spiro atoms. The molecule has 1 heterocycles. The van der Waals surface area contributed by atoms with E-state index in [2.05, 4.69) is 56.9 Å². The van der Waals surface area contributed by atoms with Crippen molar-refractivity contribution in [2.75, 3.05) is 40.1 Å². The quantitative estimate of drug-likeness (QED) is 0.0561. The minimum Gasteiger partial charge on any atom is -0.362 e. The van der Waals surface area contributed by atoms with E-state index in [0.717, 1.165) is 45.2 Å². The summed E-state index contributed by atoms with van der Waals surface area (Å²) in [6, 6.07) is 0. The molecule has 43 heavy (non-hydrogen) atoms. The van der Waals surface area contributed by atoms with Gasteiger partial charge in [0.15, 0.2) is 0 Å². The van der Waals surface area contributed by atoms with Gasteiger partial charge in [0.1, 0.15) is 0 Å². The number of nitrogens with zero attached hydrogens (tertiary/aromatic N) is 2. The standard InChI is InChI=1S/C24H51O4P.C12H24N2/c1-4-7-10-13-16-19-22-26-29(25,27-23-20-17-14-11-8-5-2)28-24-21-18-15-12-9-6-3;1-3-4-5-6-7-8-9-14-11-10-13(2)12-14/h4-24H2,1-3H3;10-11H,3-9,12H2,1-2H3. The van der Waals surface area contributed by atoms with E-state index < -0.39 is 7.82 Å². The van der Waals surface area contributed by atoms with Crippen LogP contribution in [0.1, 0.15) is 182 Å². The smallest absolute Gasteiger partial charge is 0.362 e. The van der Waals surface area contributed by atoms with Crippen LogP contribution < -0.4 is 0 Å². The van der Waals surface area contributed by atoms with Crippen molar-refractivity contribution in [3.8, 4) is 0 Å². The molecule has 7 heteroatoms. The van der Waals surface area contributed by atoms with Gasteiger partial charge < -0.3 is 9.80 Å². The Morgan fingerprint density at radius 2 is 0.814 bits per heavy atom. The monoisotopic (exact) mass is 631 g/mol. The maximum atomic E-state index is 13.0. The molecule has 1 aliphatic heterocycles. The highest BCUT2D eigenvalue weighted by molar-refractivity contribution is 7.48. The maximum absolute atomic E-state index is 13.0. The van der Waals surface area contributed by atoms with Gasteiger partial charge in [0, 0.05) is 26.0 Å². The molecule has 0 amide bonds. The molecule has 0 aromatic rings. The van der Waals surface area contributed by atoms with E-state index in [0.29, 0.717) is 19.8 Å². The average molecular weight is 631 g/mol. The van der Waals surface area contributed by atoms with Crippen molar-refractivity contribution in [1.82, 2.24) is 9.80 Å². The second kappa shape index (κ2) is 32.8. The average Bonchev–Trinajstić information content (AvgIpc) is 3.42. The van der Waals surface area contributed by atoms with Crippen molar-refractivity contribution in [1.29, 1.82) is 0 Å². The molecule has 0 radical (unpaired) electrons. The van der Waals surface area contributed by atoms with E-state index in [9.17, 15) is 4.57 Å². The Kier molecular flexibility index (Phi) is 32.4. The minimum absolute atomic E-state index is 0.469. The van der Waals surface area contributed by atoms with Crippen LogP contribution in [0.15, 0.2) is 12.4 Å². The third-order valence-corrected chi connectivity index (χ3v) is 9.47. The van der Waals surface area contributed by atoms with Crippen LogP contribution in [-0.2, 0) is 18.1 Å². The predicted molar refractivity (Wildman–Crippen MR) is 187 cm³/mol. The van der Waals surface area contributed by atoms with Crippen LogP contribution in [0.3, 0.4) is 0 Å². The maximum Gasteiger partial charge on any atom is 0.474 e. The van der Waals surface area contributed by atoms with Crippen LogP contribution in [-0.4, -0.2) is 49.9 Å². The van der Waals surface area contributed by atoms with Crippen LogP contribution in [0.2, 0.25) is 0 Å². The van der Waals surface area contributed by atoms with Gasteiger partial charge in [-0.3, -0.25) is 13.6 Å². The second-order valence-electron chi connectivity index (χ2n) is 12.5. The molecular weight excluding hydrogens is 555 g/mol. The lowest BCUT2D eigenvalue weighted by Crippen LogP contribution is -2.23. The normalized spacial score (nSPS) is 13.1. The van der Waals surface area contributed by atoms with E-state index in [4.69, 9.17) is 13.6 Å². The first-order valence-corrected chi connectivity index (χ1v) is 20.1. The van der Waals surface area contributed by atoms with Crippen LogP contribution >= 0.6 is 7.82 Å². The summed E-state index contributed by atoms with van der Waals surface area (Å²) in [5, 5.41) is 0. The van der Waals surface area contributed by atoms with Gasteiger partial charge in [0.2, 0.25) is 0 Å². The van der Waals surface area contributed by atoms with Gasteiger partial charge in [-0.05, 0) is 25.7 Å². The summed E-state index contributed by atoms with van der Waals surface area (Å²) in [5.41, 5.74) is 0. The first-order valence-electron chi connectivity index (χ1n) is 18.7. The Hall–Kier alpha value is -0.550. The highest BCUT2D eigenvalue weighted by Crippen LogP contribution is 2.50. The Morgan fingerprint density at radius 1 is 0.488 bits per heavy atom. The summed E-state index contributed by atoms with van der Waals surface area (Å²) in [4.78, 5) is 4.61. The summed E-state index contributed by atoms with van der Waals surface area (Å²) in [6.45, 7) is 12.7. The Labute approximate surface area is 269 Å². The lowest BCUT2D eigenvalue weighted by Gasteiger charge is -2.18. The first kappa shape index (κ1) is 42.5. The molecule has 1 aliphatic rings. The molecular formula is C36H75N2O4P. The van der Waals surface area contributed by atoms with E-state index in [1.807, 2.05) is 0 Å². The highest BCUT2D eigenvalue weighted by atomic mass is 31.2. The number of unbranched alkanes of at least 4 members (excludes halogenated alkanes) is 20. The fraction of sp³-hybridized carbons (Fsp3) is 0.944. The molecule has 0 atom stereocenters. The summed E-state index contributed by atoms with van der Waals surface area (Å²) in [7, 11) is -1.28. The third-order valence-electron chi connectivity index (χ3n) is 7.98. The third kappa shape index (κ3) is 29.9. The van der Waals surface area contributed by atoms with Gasteiger partial charge in [-0.1, -0.05) is 156 Å². The summed E-state index contributed by atoms with van der Waals surface area (Å²) in [5.74, 6) is 0. The molecule has 6 nitrogen and oxygen atoms in total. The van der Waals surface area contributed by atoms with E-state index in [1.54, 1.807) is 0 Å². The van der Waals surface area contributed by atoms with E-state index in [1.165, 1.54) is 122 Å². The molecule has 0 aromatic carbocycles. The predicted octanol–water partition coefficient (Wildman–Crippen LogP) is 12.2. The number of hydrogen-bond donors (Lipinski definition) is 0. The Bertz CT molecular complexity index is 582. The number of phosphoric ester groups is 1. The van der Waals surface area contributed by atoms with Crippen LogP contribution in [0.25, 0.3) is 0 Å². The zero-order valence-corrected chi connectivity index (χ0v) is 30.5. The molecule has 0 bridgehead atoms. The fourth-order valence-electron chi connectivity index (χ4n) is 5.12. The van der Waals surface area contributed by atoms with Crippen molar-refractivity contribution in [3.63, 3.8) is 0 Å². The molecule has 258 valence electrons. The number of rotatable bonds is 31. The number of phosphoric acid groups is 1. The van der Waals surface area contributed by atoms with Gasteiger partial charge in [0.25, 0.3) is 0 Å². The van der Waals surface area contributed by atoms with Gasteiger partial charge >= 0.3 is 7.82 Å². The molecule has 0 fully saturated rings. The van der Waals surface area contributed by atoms with Crippen LogP contribution in [0.4, 0.5) is 0 Å². The zero-order chi connectivity index (χ0) is 31.7. The summed E-state index contributed by atoms with van der Waals surface area (Å²) in [6.07, 6.45) is 34.0. The van der Waals surface area contributed by atoms with Crippen molar-refractivity contribution in [2.24, 2.45) is 0 Å². The largest absolute Gasteiger partial charge is 0.474 e. The van der Waals surface area contributed by atoms with Crippen LogP contribution in [0.5, 0.6) is 0 Å². The minimum atomic E-state index is -3.40. The summed E-state index contributed by atoms with van der Waals surface area (Å²) >= 11 is 0. The van der Waals surface area contributed by atoms with Crippen molar-refractivity contribution >= 4 is 7.82 Å². The molecule has 0 unspecified atom stereocenters. The molecule has 1 rings (SSSR count). The number of hydrogen-bond acceptors (Lipinski definition) is 6. The van der Waals surface area contributed by atoms with E-state index in [-0.39, 0.29) is 0 Å². The highest BCUT2D eigenvalue weighted by Gasteiger charge is 2.26. The van der Waals surface area contributed by atoms with Crippen molar-refractivity contribution < 1.29 is 18.1 Å². The van der Waals surface area contributed by atoms with Gasteiger partial charge in [-0.15, -0.1) is 0 Å². The second-order valence-corrected chi connectivity index (χ2v) is 14.2. The van der Waals surface area contributed by atoms with Gasteiger partial charge in [-0.25, -0.2) is 4.57 Å². The molecule has 0 saturated carbocycles. The molecule has 0 saturated heterocycles. The fourth-order valence-corrected chi connectivity index (χ4v) is 6.40. The van der Waals surface area contributed by atoms with Crippen LogP contribution in [0, 0.1) is 0 Å². The van der Waals surface area contributed by atoms with Crippen molar-refractivity contribution in [2.45, 2.75) is 182 Å². The SMILES string of the molecule is CCCCCCCCN1C=CN(C)C1.CCCCCCCCOP(=O)(OCCCCCCCC)OCCCCCCCC. The molecule has 0 N–H and O–H groups in total. The zero-order valence-electron chi connectivity index (χ0n) is 29.6. The Balaban J connectivity index is 0.00000104. The lowest BCUT2D eigenvalue weighted by atomic mass is 10.1. The van der Waals surface area contributed by atoms with Crippen molar-refractivity contribution in [3.05, 3.63) is 12.4 Å². The molecule has 0 aliphatic carbocycles.